The number of methoxy groups -OCH3 is 1. The third kappa shape index (κ3) is 4.31. The van der Waals surface area contributed by atoms with Crippen LogP contribution in [0.25, 0.3) is 11.3 Å². The Bertz CT molecular complexity index is 1100. The van der Waals surface area contributed by atoms with Gasteiger partial charge in [-0.3, -0.25) is 19.5 Å². The Morgan fingerprint density at radius 2 is 1.94 bits per heavy atom. The molecule has 164 valence electrons. The van der Waals surface area contributed by atoms with Crippen molar-refractivity contribution in [1.29, 1.82) is 0 Å². The number of hydrogen-bond donors (Lipinski definition) is 1. The van der Waals surface area contributed by atoms with E-state index in [1.807, 2.05) is 54.7 Å². The van der Waals surface area contributed by atoms with Crippen LogP contribution in [0.3, 0.4) is 0 Å². The second-order valence-electron chi connectivity index (χ2n) is 7.86. The van der Waals surface area contributed by atoms with E-state index in [4.69, 9.17) is 16.3 Å². The molecule has 1 N–H and O–H groups in total. The maximum Gasteiger partial charge on any atom is 0.271 e. The number of piperazine rings is 1. The van der Waals surface area contributed by atoms with E-state index < -0.39 is 0 Å². The van der Waals surface area contributed by atoms with Crippen molar-refractivity contribution in [1.82, 2.24) is 29.8 Å². The topological polar surface area (TPSA) is 79.3 Å². The first-order valence-corrected chi connectivity index (χ1v) is 10.6. The normalized spacial score (nSPS) is 14.8. The minimum absolute atomic E-state index is 0.0297. The predicted octanol–water partition coefficient (Wildman–Crippen LogP) is 3.05. The second kappa shape index (κ2) is 8.72. The smallest absolute Gasteiger partial charge is 0.271 e. The fourth-order valence-corrected chi connectivity index (χ4v) is 4.29. The van der Waals surface area contributed by atoms with Gasteiger partial charge in [-0.25, -0.2) is 0 Å². The third-order valence-corrected chi connectivity index (χ3v) is 6.10. The number of aryl methyl sites for hydroxylation is 2. The highest BCUT2D eigenvalue weighted by molar-refractivity contribution is 6.30. The number of benzene rings is 1. The van der Waals surface area contributed by atoms with Crippen molar-refractivity contribution in [2.24, 2.45) is 7.05 Å². The van der Waals surface area contributed by atoms with Crippen LogP contribution in [0.2, 0.25) is 5.02 Å². The molecule has 2 aromatic heterocycles. The highest BCUT2D eigenvalue weighted by Gasteiger charge is 2.25. The molecule has 0 bridgehead atoms. The molecule has 0 aliphatic carbocycles. The van der Waals surface area contributed by atoms with Crippen LogP contribution in [-0.4, -0.2) is 69.0 Å². The molecule has 9 heteroatoms. The lowest BCUT2D eigenvalue weighted by molar-refractivity contribution is 0.0621. The number of nitrogens with zero attached hydrogens (tertiary/aromatic N) is 5. The summed E-state index contributed by atoms with van der Waals surface area (Å²) in [6.45, 7) is 7.56. The van der Waals surface area contributed by atoms with E-state index in [1.54, 1.807) is 7.11 Å². The van der Waals surface area contributed by atoms with Gasteiger partial charge in [0.2, 0.25) is 0 Å². The summed E-state index contributed by atoms with van der Waals surface area (Å²) in [7, 11) is 3.57. The van der Waals surface area contributed by atoms with Gasteiger partial charge < -0.3 is 9.64 Å². The summed E-state index contributed by atoms with van der Waals surface area (Å²) in [5.74, 6) is 0.798. The zero-order valence-corrected chi connectivity index (χ0v) is 19.0. The maximum atomic E-state index is 13.0. The number of carbonyl (C=O) groups excluding carboxylic acids is 1. The number of carbonyl (C=O) groups is 1. The number of amides is 1. The molecule has 3 heterocycles. The van der Waals surface area contributed by atoms with Gasteiger partial charge in [0.15, 0.2) is 0 Å². The lowest BCUT2D eigenvalue weighted by Gasteiger charge is -2.34. The minimum Gasteiger partial charge on any atom is -0.496 e. The summed E-state index contributed by atoms with van der Waals surface area (Å²) in [5.41, 5.74) is 5.19. The summed E-state index contributed by atoms with van der Waals surface area (Å²) in [6, 6.07) is 7.47. The van der Waals surface area contributed by atoms with Gasteiger partial charge in [0.05, 0.1) is 18.5 Å². The number of aromatic amines is 1. The van der Waals surface area contributed by atoms with Gasteiger partial charge in [0, 0.05) is 61.6 Å². The molecule has 0 unspecified atom stereocenters. The van der Waals surface area contributed by atoms with Gasteiger partial charge in [-0.15, -0.1) is 0 Å². The lowest BCUT2D eigenvalue weighted by Crippen LogP contribution is -2.48. The molecule has 0 radical (unpaired) electrons. The first kappa shape index (κ1) is 21.4. The van der Waals surface area contributed by atoms with E-state index in [2.05, 4.69) is 20.2 Å². The highest BCUT2D eigenvalue weighted by atomic mass is 35.5. The van der Waals surface area contributed by atoms with E-state index in [9.17, 15) is 4.79 Å². The number of hydrogen-bond acceptors (Lipinski definition) is 5. The largest absolute Gasteiger partial charge is 0.496 e. The van der Waals surface area contributed by atoms with Crippen molar-refractivity contribution >= 4 is 17.5 Å². The maximum absolute atomic E-state index is 13.0. The van der Waals surface area contributed by atoms with Crippen molar-refractivity contribution in [3.8, 4) is 17.0 Å². The van der Waals surface area contributed by atoms with Crippen LogP contribution in [0.15, 0.2) is 24.3 Å². The molecule has 0 spiro atoms. The zero-order chi connectivity index (χ0) is 22.1. The van der Waals surface area contributed by atoms with Gasteiger partial charge in [-0.05, 0) is 38.1 Å². The Kier molecular flexibility index (Phi) is 6.02. The highest BCUT2D eigenvalue weighted by Crippen LogP contribution is 2.26. The number of ether oxygens (including phenoxy) is 1. The van der Waals surface area contributed by atoms with Crippen molar-refractivity contribution in [2.75, 3.05) is 33.3 Å². The number of halogens is 1. The minimum atomic E-state index is -0.0297. The number of rotatable bonds is 5. The fraction of sp³-hybridized carbons (Fsp3) is 0.409. The molecule has 3 aromatic rings. The number of aromatic nitrogens is 4. The van der Waals surface area contributed by atoms with Crippen LogP contribution in [0.4, 0.5) is 0 Å². The SMILES string of the molecule is COc1ccc(Cl)cc1CN1CCN(C(=O)c2cc(-c3c(C)nn(C)c3C)n[nH]2)CC1. The van der Waals surface area contributed by atoms with Gasteiger partial charge in [0.1, 0.15) is 11.4 Å². The molecule has 1 aromatic carbocycles. The molecule has 0 atom stereocenters. The molecule has 1 saturated heterocycles. The molecular formula is C22H27ClN6O2. The van der Waals surface area contributed by atoms with Crippen LogP contribution in [0.1, 0.15) is 27.4 Å². The summed E-state index contributed by atoms with van der Waals surface area (Å²) in [6.07, 6.45) is 0. The Hall–Kier alpha value is -2.84. The predicted molar refractivity (Wildman–Crippen MR) is 119 cm³/mol. The standard InChI is InChI=1S/C22H27ClN6O2/c1-14-21(15(2)27(3)26-14)18-12-19(25-24-18)22(30)29-9-7-28(8-10-29)13-16-11-17(23)5-6-20(16)31-4/h5-6,11-12H,7-10,13H2,1-4H3,(H,24,25). The number of nitrogens with one attached hydrogen (secondary N) is 1. The molecule has 8 nitrogen and oxygen atoms in total. The Balaban J connectivity index is 1.40. The van der Waals surface area contributed by atoms with E-state index in [0.29, 0.717) is 23.8 Å². The second-order valence-corrected chi connectivity index (χ2v) is 8.30. The van der Waals surface area contributed by atoms with Crippen LogP contribution in [-0.2, 0) is 13.6 Å². The van der Waals surface area contributed by atoms with E-state index in [0.717, 1.165) is 53.6 Å². The summed E-state index contributed by atoms with van der Waals surface area (Å²) in [5, 5.41) is 12.4. The average Bonchev–Trinajstić information content (AvgIpc) is 3.32. The third-order valence-electron chi connectivity index (χ3n) is 5.87. The van der Waals surface area contributed by atoms with Crippen LogP contribution in [0.5, 0.6) is 5.75 Å². The fourth-order valence-electron chi connectivity index (χ4n) is 4.09. The summed E-state index contributed by atoms with van der Waals surface area (Å²) >= 11 is 6.15. The van der Waals surface area contributed by atoms with Gasteiger partial charge >= 0.3 is 0 Å². The first-order chi connectivity index (χ1) is 14.9. The molecule has 1 aliphatic rings. The summed E-state index contributed by atoms with van der Waals surface area (Å²) in [4.78, 5) is 17.2. The van der Waals surface area contributed by atoms with Gasteiger partial charge in [-0.2, -0.15) is 10.2 Å². The quantitative estimate of drug-likeness (QED) is 0.657. The average molecular weight is 443 g/mol. The molecule has 1 fully saturated rings. The van der Waals surface area contributed by atoms with E-state index in [1.165, 1.54) is 0 Å². The van der Waals surface area contributed by atoms with Gasteiger partial charge in [-0.1, -0.05) is 11.6 Å². The lowest BCUT2D eigenvalue weighted by atomic mass is 10.1. The summed E-state index contributed by atoms with van der Waals surface area (Å²) < 4.78 is 7.28. The van der Waals surface area contributed by atoms with Crippen LogP contribution >= 0.6 is 11.6 Å². The molecule has 31 heavy (non-hydrogen) atoms. The van der Waals surface area contributed by atoms with Crippen LogP contribution in [0, 0.1) is 13.8 Å². The van der Waals surface area contributed by atoms with Crippen molar-refractivity contribution in [3.05, 3.63) is 51.9 Å². The van der Waals surface area contributed by atoms with E-state index >= 15 is 0 Å². The van der Waals surface area contributed by atoms with Crippen LogP contribution < -0.4 is 4.74 Å². The molecule has 0 saturated carbocycles. The zero-order valence-electron chi connectivity index (χ0n) is 18.3. The Morgan fingerprint density at radius 1 is 1.19 bits per heavy atom. The monoisotopic (exact) mass is 442 g/mol. The van der Waals surface area contributed by atoms with Crippen molar-refractivity contribution in [3.63, 3.8) is 0 Å². The van der Waals surface area contributed by atoms with E-state index in [-0.39, 0.29) is 5.91 Å². The molecule has 1 aliphatic heterocycles. The molecule has 1 amide bonds. The van der Waals surface area contributed by atoms with Crippen molar-refractivity contribution < 1.29 is 9.53 Å². The Morgan fingerprint density at radius 3 is 2.58 bits per heavy atom. The molecular weight excluding hydrogens is 416 g/mol. The first-order valence-electron chi connectivity index (χ1n) is 10.3. The number of H-pyrrole nitrogens is 1. The van der Waals surface area contributed by atoms with Crippen molar-refractivity contribution in [2.45, 2.75) is 20.4 Å². The van der Waals surface area contributed by atoms with Gasteiger partial charge in [0.25, 0.3) is 5.91 Å². The Labute approximate surface area is 186 Å². The molecule has 4 rings (SSSR count).